The smallest absolute Gasteiger partial charge is 0.416 e. The van der Waals surface area contributed by atoms with Gasteiger partial charge in [0, 0.05) is 29.7 Å². The van der Waals surface area contributed by atoms with Gasteiger partial charge in [0.1, 0.15) is 0 Å². The van der Waals surface area contributed by atoms with Crippen LogP contribution in [0.1, 0.15) is 22.6 Å². The molecule has 0 aliphatic rings. The van der Waals surface area contributed by atoms with E-state index in [9.17, 15) is 22.0 Å². The summed E-state index contributed by atoms with van der Waals surface area (Å²) in [6.07, 6.45) is -6.62. The van der Waals surface area contributed by atoms with E-state index in [4.69, 9.17) is 9.47 Å². The van der Waals surface area contributed by atoms with Crippen LogP contribution >= 0.6 is 0 Å². The Hall–Kier alpha value is -4.01. The Kier molecular flexibility index (Phi) is 9.98. The van der Waals surface area contributed by atoms with Crippen LogP contribution in [0.5, 0.6) is 11.5 Å². The molecule has 4 nitrogen and oxygen atoms in total. The van der Waals surface area contributed by atoms with Crippen molar-refractivity contribution < 1.29 is 31.4 Å². The van der Waals surface area contributed by atoms with Crippen LogP contribution in [0.3, 0.4) is 0 Å². The van der Waals surface area contributed by atoms with Gasteiger partial charge >= 0.3 is 6.18 Å². The fourth-order valence-electron chi connectivity index (χ4n) is 4.24. The maximum atomic E-state index is 13.0. The second-order valence-electron chi connectivity index (χ2n) is 8.77. The first-order valence-electron chi connectivity index (χ1n) is 12.2. The van der Waals surface area contributed by atoms with E-state index >= 15 is 0 Å². The van der Waals surface area contributed by atoms with Crippen molar-refractivity contribution in [1.82, 2.24) is 5.32 Å². The van der Waals surface area contributed by atoms with Gasteiger partial charge in [0.25, 0.3) is 6.43 Å². The number of rotatable bonds is 13. The lowest BCUT2D eigenvalue weighted by molar-refractivity contribution is -0.137. The number of methoxy groups -OCH3 is 2. The average molecular weight is 547 g/mol. The fourth-order valence-corrected chi connectivity index (χ4v) is 4.24. The van der Waals surface area contributed by atoms with E-state index in [2.05, 4.69) is 18.5 Å². The van der Waals surface area contributed by atoms with Crippen LogP contribution in [0.2, 0.25) is 0 Å². The summed E-state index contributed by atoms with van der Waals surface area (Å²) in [7, 11) is 3.02. The van der Waals surface area contributed by atoms with E-state index in [1.54, 1.807) is 18.2 Å². The van der Waals surface area contributed by atoms with Gasteiger partial charge in [-0.3, -0.25) is 0 Å². The molecule has 9 heteroatoms. The Morgan fingerprint density at radius 1 is 0.897 bits per heavy atom. The molecule has 0 aromatic heterocycles. The molecule has 39 heavy (non-hydrogen) atoms. The number of nitrogens with zero attached hydrogens (tertiary/aromatic N) is 1. The first-order chi connectivity index (χ1) is 18.5. The SMILES string of the molecule is C=C(NCC(F)F)C(C(=C)N(CCc1ccc(C(F)(F)F)cc1)c1ccc(OC)c(OC)c1)c1ccccc1. The van der Waals surface area contributed by atoms with Crippen molar-refractivity contribution in [2.45, 2.75) is 24.9 Å². The molecule has 0 saturated carbocycles. The molecule has 0 spiro atoms. The predicted molar refractivity (Wildman–Crippen MR) is 144 cm³/mol. The molecule has 1 unspecified atom stereocenters. The van der Waals surface area contributed by atoms with Gasteiger partial charge in [-0.25, -0.2) is 8.78 Å². The van der Waals surface area contributed by atoms with Gasteiger partial charge in [-0.2, -0.15) is 13.2 Å². The minimum Gasteiger partial charge on any atom is -0.493 e. The summed E-state index contributed by atoms with van der Waals surface area (Å²) in [5.41, 5.74) is 2.30. The van der Waals surface area contributed by atoms with Gasteiger partial charge in [-0.15, -0.1) is 0 Å². The molecule has 0 bridgehead atoms. The second kappa shape index (κ2) is 13.2. The normalized spacial score (nSPS) is 12.1. The van der Waals surface area contributed by atoms with Crippen molar-refractivity contribution in [3.05, 3.63) is 114 Å². The van der Waals surface area contributed by atoms with Crippen molar-refractivity contribution in [2.75, 3.05) is 32.2 Å². The molecule has 1 atom stereocenters. The Labute approximate surface area is 225 Å². The van der Waals surface area contributed by atoms with Crippen molar-refractivity contribution in [2.24, 2.45) is 0 Å². The van der Waals surface area contributed by atoms with E-state index in [1.807, 2.05) is 35.2 Å². The Bertz CT molecular complexity index is 1240. The third kappa shape index (κ3) is 7.75. The number of hydrogen-bond acceptors (Lipinski definition) is 4. The summed E-state index contributed by atoms with van der Waals surface area (Å²) in [5.74, 6) is 0.399. The zero-order valence-corrected chi connectivity index (χ0v) is 21.8. The number of hydrogen-bond donors (Lipinski definition) is 1. The molecular formula is C30H31F5N2O2. The van der Waals surface area contributed by atoms with Crippen LogP contribution in [-0.4, -0.2) is 33.7 Å². The summed E-state index contributed by atoms with van der Waals surface area (Å²) < 4.78 is 76.0. The number of halogens is 5. The first kappa shape index (κ1) is 29.5. The molecule has 0 fully saturated rings. The fraction of sp³-hybridized carbons (Fsp3) is 0.267. The molecule has 3 aromatic rings. The highest BCUT2D eigenvalue weighted by molar-refractivity contribution is 5.61. The minimum atomic E-state index is -4.42. The van der Waals surface area contributed by atoms with Crippen LogP contribution < -0.4 is 19.7 Å². The third-order valence-electron chi connectivity index (χ3n) is 6.23. The van der Waals surface area contributed by atoms with E-state index in [-0.39, 0.29) is 0 Å². The van der Waals surface area contributed by atoms with Gasteiger partial charge in [-0.1, -0.05) is 55.6 Å². The standard InChI is InChI=1S/C30H31F5N2O2/c1-20(36-19-28(31)32)29(23-8-6-5-7-9-23)21(2)37(25-14-15-26(38-3)27(18-25)39-4)17-16-22-10-12-24(13-11-22)30(33,34)35/h5-15,18,28-29,36H,1-2,16-17,19H2,3-4H3. The zero-order valence-electron chi connectivity index (χ0n) is 21.8. The summed E-state index contributed by atoms with van der Waals surface area (Å²) >= 11 is 0. The van der Waals surface area contributed by atoms with Crippen molar-refractivity contribution in [3.63, 3.8) is 0 Å². The molecule has 3 aromatic carbocycles. The lowest BCUT2D eigenvalue weighted by atomic mass is 9.91. The van der Waals surface area contributed by atoms with Gasteiger partial charge in [0.05, 0.1) is 32.2 Å². The lowest BCUT2D eigenvalue weighted by Gasteiger charge is -2.34. The Morgan fingerprint density at radius 2 is 1.54 bits per heavy atom. The molecule has 1 N–H and O–H groups in total. The molecule has 0 aliphatic heterocycles. The minimum absolute atomic E-state index is 0.325. The average Bonchev–Trinajstić information content (AvgIpc) is 2.92. The van der Waals surface area contributed by atoms with Gasteiger partial charge < -0.3 is 19.7 Å². The molecular weight excluding hydrogens is 515 g/mol. The number of anilines is 1. The first-order valence-corrected chi connectivity index (χ1v) is 12.2. The monoisotopic (exact) mass is 546 g/mol. The van der Waals surface area contributed by atoms with Gasteiger partial charge in [-0.05, 0) is 41.8 Å². The number of benzene rings is 3. The quantitative estimate of drug-likeness (QED) is 0.226. The van der Waals surface area contributed by atoms with Gasteiger partial charge in [0.15, 0.2) is 11.5 Å². The molecule has 0 aliphatic carbocycles. The van der Waals surface area contributed by atoms with Crippen LogP contribution in [0, 0.1) is 0 Å². The summed E-state index contributed by atoms with van der Waals surface area (Å²) in [5, 5.41) is 2.72. The highest BCUT2D eigenvalue weighted by Crippen LogP contribution is 2.38. The molecule has 0 heterocycles. The largest absolute Gasteiger partial charge is 0.493 e. The zero-order chi connectivity index (χ0) is 28.6. The number of alkyl halides is 5. The van der Waals surface area contributed by atoms with Crippen LogP contribution in [0.25, 0.3) is 0 Å². The van der Waals surface area contributed by atoms with Gasteiger partial charge in [0.2, 0.25) is 0 Å². The highest BCUT2D eigenvalue weighted by Gasteiger charge is 2.30. The van der Waals surface area contributed by atoms with Crippen molar-refractivity contribution in [3.8, 4) is 11.5 Å². The van der Waals surface area contributed by atoms with E-state index in [0.717, 1.165) is 17.7 Å². The number of nitrogens with one attached hydrogen (secondary N) is 1. The molecule has 208 valence electrons. The summed E-state index contributed by atoms with van der Waals surface area (Å²) in [6.45, 7) is 8.11. The Morgan fingerprint density at radius 3 is 2.10 bits per heavy atom. The molecule has 3 rings (SSSR count). The topological polar surface area (TPSA) is 33.7 Å². The van der Waals surface area contributed by atoms with E-state index in [1.165, 1.54) is 26.4 Å². The second-order valence-corrected chi connectivity index (χ2v) is 8.77. The lowest BCUT2D eigenvalue weighted by Crippen LogP contribution is -2.32. The van der Waals surface area contributed by atoms with E-state index < -0.39 is 30.6 Å². The van der Waals surface area contributed by atoms with Crippen LogP contribution in [-0.2, 0) is 12.6 Å². The molecule has 0 amide bonds. The molecule has 0 radical (unpaired) electrons. The van der Waals surface area contributed by atoms with Crippen LogP contribution in [0.15, 0.2) is 97.3 Å². The third-order valence-corrected chi connectivity index (χ3v) is 6.23. The van der Waals surface area contributed by atoms with E-state index in [0.29, 0.717) is 47.1 Å². The van der Waals surface area contributed by atoms with Crippen LogP contribution in [0.4, 0.5) is 27.6 Å². The maximum Gasteiger partial charge on any atom is 0.416 e. The highest BCUT2D eigenvalue weighted by atomic mass is 19.4. The number of ether oxygens (including phenoxy) is 2. The predicted octanol–water partition coefficient (Wildman–Crippen LogP) is 7.44. The molecule has 0 saturated heterocycles. The summed E-state index contributed by atoms with van der Waals surface area (Å²) in [4.78, 5) is 1.88. The van der Waals surface area contributed by atoms with Crippen molar-refractivity contribution >= 4 is 5.69 Å². The Balaban J connectivity index is 2.00. The summed E-state index contributed by atoms with van der Waals surface area (Å²) in [6, 6.07) is 19.5. The van der Waals surface area contributed by atoms with Crippen molar-refractivity contribution in [1.29, 1.82) is 0 Å². The maximum absolute atomic E-state index is 13.0.